The molecule has 82 valence electrons. The molecule has 0 saturated heterocycles. The number of rotatable bonds is 2. The smallest absolute Gasteiger partial charge is 0.258 e. The van der Waals surface area contributed by atoms with Crippen LogP contribution in [0.4, 0.5) is 18.9 Å². The summed E-state index contributed by atoms with van der Waals surface area (Å²) >= 11 is 10.5. The second kappa shape index (κ2) is 4.24. The molecule has 0 heterocycles. The number of benzene rings is 1. The largest absolute Gasteiger partial charge is 0.309 e. The first kappa shape index (κ1) is 12.1. The molecule has 0 aliphatic carbocycles. The summed E-state index contributed by atoms with van der Waals surface area (Å²) in [6.45, 7) is -1.46. The fourth-order valence-corrected chi connectivity index (χ4v) is 1.54. The van der Waals surface area contributed by atoms with Crippen LogP contribution in [-0.4, -0.2) is 4.92 Å². The van der Waals surface area contributed by atoms with E-state index in [9.17, 15) is 23.3 Å². The summed E-state index contributed by atoms with van der Waals surface area (Å²) in [6, 6.07) is 0. The van der Waals surface area contributed by atoms with Gasteiger partial charge in [-0.25, -0.2) is 13.2 Å². The second-order valence-electron chi connectivity index (χ2n) is 2.47. The molecule has 0 aromatic heterocycles. The normalized spacial score (nSPS) is 10.5. The maximum absolute atomic E-state index is 13.0. The summed E-state index contributed by atoms with van der Waals surface area (Å²) in [6.07, 6.45) is 0. The lowest BCUT2D eigenvalue weighted by atomic mass is 10.2. The lowest BCUT2D eigenvalue weighted by Crippen LogP contribution is -2.01. The van der Waals surface area contributed by atoms with E-state index in [1.807, 2.05) is 0 Å². The number of alkyl halides is 1. The van der Waals surface area contributed by atoms with Crippen LogP contribution in [0, 0.1) is 21.7 Å². The zero-order valence-corrected chi connectivity index (χ0v) is 8.37. The van der Waals surface area contributed by atoms with E-state index in [4.69, 9.17) is 23.2 Å². The van der Waals surface area contributed by atoms with Crippen molar-refractivity contribution in [3.05, 3.63) is 37.4 Å². The van der Waals surface area contributed by atoms with Gasteiger partial charge in [-0.3, -0.25) is 10.1 Å². The topological polar surface area (TPSA) is 43.1 Å². The molecule has 1 aromatic rings. The third-order valence-corrected chi connectivity index (χ3v) is 2.40. The molecule has 1 rings (SSSR count). The lowest BCUT2D eigenvalue weighted by molar-refractivity contribution is -0.384. The molecule has 0 spiro atoms. The Morgan fingerprint density at radius 3 is 2.13 bits per heavy atom. The summed E-state index contributed by atoms with van der Waals surface area (Å²) in [4.78, 5) is 9.29. The molecule has 0 aliphatic rings. The summed E-state index contributed by atoms with van der Waals surface area (Å²) in [5, 5.41) is 8.50. The van der Waals surface area contributed by atoms with Crippen molar-refractivity contribution >= 4 is 28.9 Å². The molecule has 0 aliphatic heterocycles. The van der Waals surface area contributed by atoms with Crippen LogP contribution in [0.2, 0.25) is 10.0 Å². The molecule has 0 amide bonds. The van der Waals surface area contributed by atoms with Gasteiger partial charge in [-0.05, 0) is 0 Å². The van der Waals surface area contributed by atoms with Crippen molar-refractivity contribution in [2.45, 2.75) is 6.67 Å². The average molecular weight is 260 g/mol. The van der Waals surface area contributed by atoms with E-state index in [-0.39, 0.29) is 0 Å². The Bertz CT molecular complexity index is 439. The minimum atomic E-state index is -1.68. The minimum absolute atomic E-state index is 0.827. The Balaban J connectivity index is 3.68. The number of hydrogen-bond acceptors (Lipinski definition) is 2. The Kier molecular flexibility index (Phi) is 3.41. The van der Waals surface area contributed by atoms with Gasteiger partial charge < -0.3 is 0 Å². The summed E-state index contributed by atoms with van der Waals surface area (Å²) < 4.78 is 38.1. The Morgan fingerprint density at radius 2 is 1.73 bits per heavy atom. The van der Waals surface area contributed by atoms with Gasteiger partial charge in [0, 0.05) is 5.56 Å². The molecular weight excluding hydrogens is 258 g/mol. The van der Waals surface area contributed by atoms with E-state index in [0.717, 1.165) is 0 Å². The van der Waals surface area contributed by atoms with Gasteiger partial charge in [-0.15, -0.1) is 0 Å². The molecular formula is C7H2Cl2F3NO2. The van der Waals surface area contributed by atoms with Crippen molar-refractivity contribution in [1.29, 1.82) is 0 Å². The highest BCUT2D eigenvalue weighted by Gasteiger charge is 2.29. The number of nitro groups is 1. The fourth-order valence-electron chi connectivity index (χ4n) is 0.946. The summed E-state index contributed by atoms with van der Waals surface area (Å²) in [5.74, 6) is -3.29. The van der Waals surface area contributed by atoms with Crippen LogP contribution in [0.15, 0.2) is 0 Å². The highest BCUT2D eigenvalue weighted by atomic mass is 35.5. The summed E-state index contributed by atoms with van der Waals surface area (Å²) in [5.41, 5.74) is -1.95. The van der Waals surface area contributed by atoms with Gasteiger partial charge in [0.25, 0.3) is 0 Å². The third-order valence-electron chi connectivity index (χ3n) is 1.65. The summed E-state index contributed by atoms with van der Waals surface area (Å²) in [7, 11) is 0. The number of nitro benzene ring substituents is 1. The van der Waals surface area contributed by atoms with Crippen molar-refractivity contribution in [2.75, 3.05) is 0 Å². The highest BCUT2D eigenvalue weighted by molar-refractivity contribution is 6.38. The molecule has 0 unspecified atom stereocenters. The minimum Gasteiger partial charge on any atom is -0.258 e. The molecule has 0 fully saturated rings. The first-order valence-electron chi connectivity index (χ1n) is 3.47. The van der Waals surface area contributed by atoms with Gasteiger partial charge in [-0.2, -0.15) is 0 Å². The van der Waals surface area contributed by atoms with E-state index in [1.165, 1.54) is 0 Å². The predicted molar refractivity (Wildman–Crippen MR) is 47.8 cm³/mol. The fraction of sp³-hybridized carbons (Fsp3) is 0.143. The average Bonchev–Trinajstić information content (AvgIpc) is 2.15. The maximum atomic E-state index is 13.0. The Hall–Kier alpha value is -1.01. The first-order chi connectivity index (χ1) is 6.91. The molecule has 0 bridgehead atoms. The van der Waals surface area contributed by atoms with Crippen LogP contribution in [0.25, 0.3) is 0 Å². The Morgan fingerprint density at radius 1 is 1.20 bits per heavy atom. The van der Waals surface area contributed by atoms with Gasteiger partial charge in [0.1, 0.15) is 11.7 Å². The second-order valence-corrected chi connectivity index (χ2v) is 3.23. The van der Waals surface area contributed by atoms with Crippen LogP contribution < -0.4 is 0 Å². The lowest BCUT2D eigenvalue weighted by Gasteiger charge is -2.05. The SMILES string of the molecule is O=[N+]([O-])c1c(Cl)c(F)c(F)c(CF)c1Cl. The number of hydrogen-bond donors (Lipinski definition) is 0. The van der Waals surface area contributed by atoms with Crippen LogP contribution in [0.5, 0.6) is 0 Å². The molecule has 1 aromatic carbocycles. The van der Waals surface area contributed by atoms with E-state index >= 15 is 0 Å². The van der Waals surface area contributed by atoms with Crippen LogP contribution >= 0.6 is 23.2 Å². The maximum Gasteiger partial charge on any atom is 0.309 e. The molecule has 3 nitrogen and oxygen atoms in total. The Labute approximate surface area is 91.6 Å². The first-order valence-corrected chi connectivity index (χ1v) is 4.22. The van der Waals surface area contributed by atoms with Crippen molar-refractivity contribution < 1.29 is 18.1 Å². The van der Waals surface area contributed by atoms with Crippen molar-refractivity contribution in [3.8, 4) is 0 Å². The van der Waals surface area contributed by atoms with Crippen molar-refractivity contribution in [1.82, 2.24) is 0 Å². The van der Waals surface area contributed by atoms with Crippen LogP contribution in [0.3, 0.4) is 0 Å². The number of nitrogens with zero attached hydrogens (tertiary/aromatic N) is 1. The van der Waals surface area contributed by atoms with Crippen molar-refractivity contribution in [2.24, 2.45) is 0 Å². The zero-order chi connectivity index (χ0) is 11.7. The van der Waals surface area contributed by atoms with Gasteiger partial charge in [-0.1, -0.05) is 23.2 Å². The van der Waals surface area contributed by atoms with Gasteiger partial charge in [0.2, 0.25) is 0 Å². The molecule has 0 radical (unpaired) electrons. The van der Waals surface area contributed by atoms with E-state index in [1.54, 1.807) is 0 Å². The number of halogens is 5. The third kappa shape index (κ3) is 1.87. The molecule has 15 heavy (non-hydrogen) atoms. The van der Waals surface area contributed by atoms with E-state index in [0.29, 0.717) is 0 Å². The molecule has 0 N–H and O–H groups in total. The molecule has 8 heteroatoms. The van der Waals surface area contributed by atoms with Gasteiger partial charge in [0.15, 0.2) is 16.7 Å². The van der Waals surface area contributed by atoms with Crippen LogP contribution in [0.1, 0.15) is 5.56 Å². The monoisotopic (exact) mass is 259 g/mol. The molecule has 0 atom stereocenters. The highest BCUT2D eigenvalue weighted by Crippen LogP contribution is 2.39. The van der Waals surface area contributed by atoms with Gasteiger partial charge >= 0.3 is 5.69 Å². The molecule has 0 saturated carbocycles. The van der Waals surface area contributed by atoms with Gasteiger partial charge in [0.05, 0.1) is 4.92 Å². The predicted octanol–water partition coefficient (Wildman–Crippen LogP) is 3.65. The zero-order valence-electron chi connectivity index (χ0n) is 6.86. The van der Waals surface area contributed by atoms with Crippen LogP contribution in [-0.2, 0) is 6.67 Å². The standard InChI is InChI=1S/C7H2Cl2F3NO2/c8-3-2(1-10)5(11)6(12)4(9)7(3)13(14)15/h1H2. The quantitative estimate of drug-likeness (QED) is 0.352. The van der Waals surface area contributed by atoms with E-state index in [2.05, 4.69) is 0 Å². The van der Waals surface area contributed by atoms with Crippen molar-refractivity contribution in [3.63, 3.8) is 0 Å². The van der Waals surface area contributed by atoms with E-state index < -0.39 is 44.5 Å².